The summed E-state index contributed by atoms with van der Waals surface area (Å²) in [5.74, 6) is 0.887. The highest BCUT2D eigenvalue weighted by Crippen LogP contribution is 2.35. The molecule has 0 saturated carbocycles. The van der Waals surface area contributed by atoms with E-state index in [2.05, 4.69) is 13.5 Å². The summed E-state index contributed by atoms with van der Waals surface area (Å²) in [7, 11) is 0. The quantitative estimate of drug-likeness (QED) is 0.153. The molecule has 1 heterocycles. The van der Waals surface area contributed by atoms with Crippen LogP contribution >= 0.6 is 0 Å². The van der Waals surface area contributed by atoms with Gasteiger partial charge in [-0.05, 0) is 19.3 Å². The number of carbonyl (C=O) groups is 2. The monoisotopic (exact) mass is 350 g/mol. The third kappa shape index (κ3) is 10.1. The van der Waals surface area contributed by atoms with Gasteiger partial charge in [-0.2, -0.15) is 0 Å². The second-order valence-corrected chi connectivity index (χ2v) is 6.94. The van der Waals surface area contributed by atoms with Gasteiger partial charge in [-0.25, -0.2) is 4.79 Å². The first-order valence-electron chi connectivity index (χ1n) is 9.91. The highest BCUT2D eigenvalue weighted by molar-refractivity contribution is 6.15. The van der Waals surface area contributed by atoms with E-state index < -0.39 is 5.97 Å². The normalized spacial score (nSPS) is 12.8. The molecule has 1 N–H and O–H groups in total. The second kappa shape index (κ2) is 12.7. The minimum absolute atomic E-state index is 0.293. The van der Waals surface area contributed by atoms with Crippen LogP contribution in [0.4, 0.5) is 0 Å². The number of carboxylic acids is 1. The van der Waals surface area contributed by atoms with Gasteiger partial charge in [-0.15, -0.1) is 0 Å². The van der Waals surface area contributed by atoms with Crippen LogP contribution in [0.25, 0.3) is 0 Å². The molecule has 1 aliphatic rings. The molecule has 0 saturated heterocycles. The number of unbranched alkanes of at least 4 members (excludes halogenated alkanes) is 9. The van der Waals surface area contributed by atoms with Crippen LogP contribution in [-0.2, 0) is 14.3 Å². The SMILES string of the molecule is C=C(C(=O)O)C(=O)CCCCCCCC1=C(CCCCCCCC)O1. The van der Waals surface area contributed by atoms with Gasteiger partial charge < -0.3 is 9.84 Å². The number of Topliss-reactive ketones (excluding diaryl/α,β-unsaturated/α-hetero) is 1. The van der Waals surface area contributed by atoms with Crippen LogP contribution in [0.15, 0.2) is 23.7 Å². The van der Waals surface area contributed by atoms with Crippen LogP contribution in [0.2, 0.25) is 0 Å². The zero-order chi connectivity index (χ0) is 18.5. The molecule has 0 aromatic rings. The van der Waals surface area contributed by atoms with Crippen molar-refractivity contribution in [1.82, 2.24) is 0 Å². The van der Waals surface area contributed by atoms with E-state index in [1.54, 1.807) is 0 Å². The van der Waals surface area contributed by atoms with Gasteiger partial charge in [0.15, 0.2) is 5.78 Å². The van der Waals surface area contributed by atoms with Gasteiger partial charge in [-0.1, -0.05) is 64.9 Å². The minimum Gasteiger partial charge on any atom is -0.478 e. The molecule has 4 nitrogen and oxygen atoms in total. The first-order valence-corrected chi connectivity index (χ1v) is 9.91. The maximum atomic E-state index is 11.5. The van der Waals surface area contributed by atoms with Crippen LogP contribution in [0.3, 0.4) is 0 Å². The van der Waals surface area contributed by atoms with Gasteiger partial charge in [0.05, 0.1) is 5.57 Å². The molecular weight excluding hydrogens is 316 g/mol. The van der Waals surface area contributed by atoms with Gasteiger partial charge in [0.2, 0.25) is 0 Å². The van der Waals surface area contributed by atoms with E-state index in [0.717, 1.165) is 44.9 Å². The van der Waals surface area contributed by atoms with E-state index in [-0.39, 0.29) is 11.4 Å². The van der Waals surface area contributed by atoms with Crippen LogP contribution in [0.1, 0.15) is 96.8 Å². The molecule has 0 aliphatic carbocycles. The molecule has 0 spiro atoms. The Kier molecular flexibility index (Phi) is 10.9. The summed E-state index contributed by atoms with van der Waals surface area (Å²) in [6.07, 6.45) is 15.4. The molecule has 0 atom stereocenters. The van der Waals surface area contributed by atoms with E-state index in [1.165, 1.54) is 50.0 Å². The molecular formula is C21H34O4. The maximum absolute atomic E-state index is 11.5. The summed E-state index contributed by atoms with van der Waals surface area (Å²) in [5.41, 5.74) is -0.296. The van der Waals surface area contributed by atoms with Crippen molar-refractivity contribution in [3.63, 3.8) is 0 Å². The number of hydrogen-bond acceptors (Lipinski definition) is 3. The Labute approximate surface area is 152 Å². The average Bonchev–Trinajstić information content (AvgIpc) is 3.34. The van der Waals surface area contributed by atoms with Gasteiger partial charge in [0, 0.05) is 19.3 Å². The van der Waals surface area contributed by atoms with Crippen molar-refractivity contribution >= 4 is 11.8 Å². The maximum Gasteiger partial charge on any atom is 0.338 e. The first kappa shape index (κ1) is 21.5. The number of ether oxygens (including phenoxy) is 1. The van der Waals surface area contributed by atoms with E-state index in [0.29, 0.717) is 6.42 Å². The number of hydrogen-bond donors (Lipinski definition) is 1. The third-order valence-corrected chi connectivity index (χ3v) is 4.68. The number of rotatable bonds is 17. The van der Waals surface area contributed by atoms with E-state index in [1.807, 2.05) is 0 Å². The summed E-state index contributed by atoms with van der Waals surface area (Å²) in [5, 5.41) is 8.67. The zero-order valence-corrected chi connectivity index (χ0v) is 15.8. The topological polar surface area (TPSA) is 66.9 Å². The fourth-order valence-corrected chi connectivity index (χ4v) is 2.94. The molecule has 0 aromatic carbocycles. The van der Waals surface area contributed by atoms with Gasteiger partial charge in [-0.3, -0.25) is 4.79 Å². The summed E-state index contributed by atoms with van der Waals surface area (Å²) in [4.78, 5) is 22.1. The molecule has 4 heteroatoms. The lowest BCUT2D eigenvalue weighted by molar-refractivity contribution is -0.134. The van der Waals surface area contributed by atoms with Crippen LogP contribution < -0.4 is 0 Å². The molecule has 0 unspecified atom stereocenters. The van der Waals surface area contributed by atoms with Crippen molar-refractivity contribution in [3.05, 3.63) is 23.7 Å². The van der Waals surface area contributed by atoms with Crippen molar-refractivity contribution in [3.8, 4) is 0 Å². The number of carboxylic acid groups (broad SMARTS) is 1. The third-order valence-electron chi connectivity index (χ3n) is 4.68. The number of aliphatic carboxylic acids is 1. The molecule has 25 heavy (non-hydrogen) atoms. The lowest BCUT2D eigenvalue weighted by Crippen LogP contribution is -2.10. The van der Waals surface area contributed by atoms with Crippen molar-refractivity contribution in [2.24, 2.45) is 0 Å². The first-order chi connectivity index (χ1) is 12.1. The minimum atomic E-state index is -1.21. The fourth-order valence-electron chi connectivity index (χ4n) is 2.94. The van der Waals surface area contributed by atoms with E-state index >= 15 is 0 Å². The zero-order valence-electron chi connectivity index (χ0n) is 15.8. The Balaban J connectivity index is 1.91. The van der Waals surface area contributed by atoms with Gasteiger partial charge >= 0.3 is 5.97 Å². The van der Waals surface area contributed by atoms with Crippen molar-refractivity contribution in [2.75, 3.05) is 0 Å². The van der Waals surface area contributed by atoms with Crippen molar-refractivity contribution in [2.45, 2.75) is 96.8 Å². The highest BCUT2D eigenvalue weighted by Gasteiger charge is 2.23. The summed E-state index contributed by atoms with van der Waals surface area (Å²) < 4.78 is 5.58. The summed E-state index contributed by atoms with van der Waals surface area (Å²) >= 11 is 0. The van der Waals surface area contributed by atoms with Gasteiger partial charge in [0.25, 0.3) is 0 Å². The number of ketones is 1. The predicted molar refractivity (Wildman–Crippen MR) is 100 cm³/mol. The van der Waals surface area contributed by atoms with Crippen molar-refractivity contribution in [1.29, 1.82) is 0 Å². The van der Waals surface area contributed by atoms with E-state index in [9.17, 15) is 9.59 Å². The Morgan fingerprint density at radius 1 is 0.840 bits per heavy atom. The molecule has 142 valence electrons. The molecule has 0 radical (unpaired) electrons. The fraction of sp³-hybridized carbons (Fsp3) is 0.714. The Morgan fingerprint density at radius 3 is 1.84 bits per heavy atom. The van der Waals surface area contributed by atoms with Crippen molar-refractivity contribution < 1.29 is 19.4 Å². The highest BCUT2D eigenvalue weighted by atomic mass is 16.6. The van der Waals surface area contributed by atoms with Crippen LogP contribution in [0, 0.1) is 0 Å². The second-order valence-electron chi connectivity index (χ2n) is 6.94. The molecule has 0 bridgehead atoms. The largest absolute Gasteiger partial charge is 0.478 e. The standard InChI is InChI=1S/C21H34O4/c1-3-4-5-6-9-12-15-19-20(25-19)16-13-10-7-8-11-14-18(22)17(2)21(23)24/h2-16H2,1H3,(H,23,24). The molecule has 1 aliphatic heterocycles. The van der Waals surface area contributed by atoms with Crippen LogP contribution in [0.5, 0.6) is 0 Å². The lowest BCUT2D eigenvalue weighted by atomic mass is 10.0. The molecule has 0 fully saturated rings. The molecule has 1 rings (SSSR count). The lowest BCUT2D eigenvalue weighted by Gasteiger charge is -2.01. The van der Waals surface area contributed by atoms with Gasteiger partial charge in [0.1, 0.15) is 11.5 Å². The number of carbonyl (C=O) groups excluding carboxylic acids is 1. The summed E-state index contributed by atoms with van der Waals surface area (Å²) in [6, 6.07) is 0. The number of allylic oxidation sites excluding steroid dienone is 2. The van der Waals surface area contributed by atoms with Crippen LogP contribution in [-0.4, -0.2) is 16.9 Å². The Hall–Kier alpha value is -1.58. The average molecular weight is 350 g/mol. The Morgan fingerprint density at radius 2 is 1.32 bits per heavy atom. The summed E-state index contributed by atoms with van der Waals surface area (Å²) in [6.45, 7) is 5.53. The predicted octanol–water partition coefficient (Wildman–Crippen LogP) is 5.92. The van der Waals surface area contributed by atoms with E-state index in [4.69, 9.17) is 9.84 Å². The molecule has 0 amide bonds. The molecule has 0 aromatic heterocycles. The Bertz CT molecular complexity index is 476. The smallest absolute Gasteiger partial charge is 0.338 e.